The zero-order valence-electron chi connectivity index (χ0n) is 13.7. The number of carbonyl (C=O) groups is 2. The minimum Gasteiger partial charge on any atom is -0.375 e. The van der Waals surface area contributed by atoms with Crippen molar-refractivity contribution >= 4 is 23.4 Å². The Bertz CT molecular complexity index is 559. The number of hydrogen-bond acceptors (Lipinski definition) is 3. The maximum atomic E-state index is 12.7. The summed E-state index contributed by atoms with van der Waals surface area (Å²) in [6, 6.07) is 6.06. The zero-order chi connectivity index (χ0) is 17.0. The fraction of sp³-hybridized carbons (Fsp3) is 0.529. The molecule has 23 heavy (non-hydrogen) atoms. The van der Waals surface area contributed by atoms with Gasteiger partial charge in [0.1, 0.15) is 6.04 Å². The van der Waals surface area contributed by atoms with Crippen LogP contribution in [0.5, 0.6) is 0 Å². The second kappa shape index (κ2) is 7.79. The number of benzene rings is 1. The Balaban J connectivity index is 2.07. The highest BCUT2D eigenvalue weighted by Crippen LogP contribution is 2.13. The molecule has 0 spiro atoms. The first-order chi connectivity index (χ1) is 10.9. The van der Waals surface area contributed by atoms with Gasteiger partial charge in [-0.25, -0.2) is 0 Å². The predicted molar refractivity (Wildman–Crippen MR) is 89.5 cm³/mol. The molecule has 0 saturated carbocycles. The van der Waals surface area contributed by atoms with Gasteiger partial charge >= 0.3 is 0 Å². The van der Waals surface area contributed by atoms with Gasteiger partial charge in [0.2, 0.25) is 5.91 Å². The molecule has 1 aromatic rings. The Kier molecular flexibility index (Phi) is 6.02. The molecule has 6 heteroatoms. The summed E-state index contributed by atoms with van der Waals surface area (Å²) in [6.07, 6.45) is 0.0208. The first-order valence-corrected chi connectivity index (χ1v) is 8.23. The smallest absolute Gasteiger partial charge is 0.251 e. The van der Waals surface area contributed by atoms with E-state index >= 15 is 0 Å². The summed E-state index contributed by atoms with van der Waals surface area (Å²) in [4.78, 5) is 26.9. The van der Waals surface area contributed by atoms with Crippen molar-refractivity contribution in [3.63, 3.8) is 0 Å². The third kappa shape index (κ3) is 4.69. The molecule has 0 bridgehead atoms. The van der Waals surface area contributed by atoms with Crippen LogP contribution in [0.2, 0.25) is 5.02 Å². The van der Waals surface area contributed by atoms with Crippen LogP contribution in [0.1, 0.15) is 31.1 Å². The van der Waals surface area contributed by atoms with E-state index in [1.807, 2.05) is 20.8 Å². The number of amides is 2. The standard InChI is InChI=1S/C17H23ClN2O3/c1-11(2)15(17(22)20-8-9-23-12(3)10-20)19-16(21)13-4-6-14(18)7-5-13/h4-7,11-12,15H,8-10H2,1-3H3,(H,19,21). The van der Waals surface area contributed by atoms with E-state index in [4.69, 9.17) is 16.3 Å². The summed E-state index contributed by atoms with van der Waals surface area (Å²) in [6.45, 7) is 7.43. The van der Waals surface area contributed by atoms with Crippen molar-refractivity contribution < 1.29 is 14.3 Å². The van der Waals surface area contributed by atoms with Gasteiger partial charge in [0.25, 0.3) is 5.91 Å². The van der Waals surface area contributed by atoms with Crippen LogP contribution in [0, 0.1) is 5.92 Å². The van der Waals surface area contributed by atoms with E-state index in [2.05, 4.69) is 5.32 Å². The molecule has 2 rings (SSSR count). The van der Waals surface area contributed by atoms with E-state index in [-0.39, 0.29) is 23.8 Å². The Labute approximate surface area is 141 Å². The van der Waals surface area contributed by atoms with Gasteiger partial charge in [-0.1, -0.05) is 25.4 Å². The molecule has 1 N–H and O–H groups in total. The van der Waals surface area contributed by atoms with Crippen LogP contribution in [0.15, 0.2) is 24.3 Å². The molecule has 5 nitrogen and oxygen atoms in total. The van der Waals surface area contributed by atoms with E-state index in [1.165, 1.54) is 0 Å². The lowest BCUT2D eigenvalue weighted by atomic mass is 10.0. The van der Waals surface area contributed by atoms with Gasteiger partial charge < -0.3 is 15.0 Å². The molecular weight excluding hydrogens is 316 g/mol. The lowest BCUT2D eigenvalue weighted by Crippen LogP contribution is -2.55. The Hall–Kier alpha value is -1.59. The zero-order valence-corrected chi connectivity index (χ0v) is 14.5. The van der Waals surface area contributed by atoms with E-state index in [1.54, 1.807) is 29.2 Å². The fourth-order valence-corrected chi connectivity index (χ4v) is 2.68. The monoisotopic (exact) mass is 338 g/mol. The topological polar surface area (TPSA) is 58.6 Å². The molecule has 1 aliphatic rings. The number of hydrogen-bond donors (Lipinski definition) is 1. The maximum Gasteiger partial charge on any atom is 0.251 e. The van der Waals surface area contributed by atoms with Crippen LogP contribution in [-0.2, 0) is 9.53 Å². The van der Waals surface area contributed by atoms with Crippen LogP contribution in [0.4, 0.5) is 0 Å². The molecule has 0 aromatic heterocycles. The van der Waals surface area contributed by atoms with Gasteiger partial charge in [-0.05, 0) is 37.1 Å². The molecule has 2 atom stereocenters. The van der Waals surface area contributed by atoms with E-state index in [9.17, 15) is 9.59 Å². The summed E-state index contributed by atoms with van der Waals surface area (Å²) in [7, 11) is 0. The molecule has 1 aromatic carbocycles. The van der Waals surface area contributed by atoms with Crippen molar-refractivity contribution in [2.45, 2.75) is 32.9 Å². The number of rotatable bonds is 4. The third-order valence-electron chi connectivity index (χ3n) is 3.88. The minimum absolute atomic E-state index is 0.00287. The average molecular weight is 339 g/mol. The summed E-state index contributed by atoms with van der Waals surface area (Å²) in [5.74, 6) is -0.329. The number of nitrogens with zero attached hydrogens (tertiary/aromatic N) is 1. The molecule has 1 fully saturated rings. The molecule has 1 aliphatic heterocycles. The lowest BCUT2D eigenvalue weighted by molar-refractivity contribution is -0.141. The fourth-order valence-electron chi connectivity index (χ4n) is 2.55. The molecule has 1 saturated heterocycles. The van der Waals surface area contributed by atoms with Crippen LogP contribution in [-0.4, -0.2) is 48.6 Å². The average Bonchev–Trinajstić information content (AvgIpc) is 2.52. The summed E-state index contributed by atoms with van der Waals surface area (Å²) in [5, 5.41) is 3.42. The van der Waals surface area contributed by atoms with Crippen LogP contribution in [0.25, 0.3) is 0 Å². The molecule has 0 radical (unpaired) electrons. The van der Waals surface area contributed by atoms with E-state index in [0.29, 0.717) is 30.3 Å². The largest absolute Gasteiger partial charge is 0.375 e. The number of morpholine rings is 1. The molecule has 1 heterocycles. The highest BCUT2D eigenvalue weighted by Gasteiger charge is 2.31. The molecular formula is C17H23ClN2O3. The van der Waals surface area contributed by atoms with Crippen molar-refractivity contribution in [1.82, 2.24) is 10.2 Å². The minimum atomic E-state index is -0.552. The number of halogens is 1. The van der Waals surface area contributed by atoms with Gasteiger partial charge in [0, 0.05) is 23.7 Å². The van der Waals surface area contributed by atoms with Crippen LogP contribution >= 0.6 is 11.6 Å². The van der Waals surface area contributed by atoms with Gasteiger partial charge in [0.05, 0.1) is 12.7 Å². The van der Waals surface area contributed by atoms with Crippen molar-refractivity contribution in [3.8, 4) is 0 Å². The normalized spacial score (nSPS) is 19.5. The van der Waals surface area contributed by atoms with Gasteiger partial charge in [-0.2, -0.15) is 0 Å². The Morgan fingerprint density at radius 3 is 2.52 bits per heavy atom. The van der Waals surface area contributed by atoms with E-state index in [0.717, 1.165) is 0 Å². The second-order valence-electron chi connectivity index (χ2n) is 6.17. The van der Waals surface area contributed by atoms with Crippen molar-refractivity contribution in [3.05, 3.63) is 34.9 Å². The first-order valence-electron chi connectivity index (χ1n) is 7.85. The summed E-state index contributed by atoms with van der Waals surface area (Å²) < 4.78 is 5.47. The molecule has 2 amide bonds. The third-order valence-corrected chi connectivity index (χ3v) is 4.13. The molecule has 2 unspecified atom stereocenters. The highest BCUT2D eigenvalue weighted by molar-refractivity contribution is 6.30. The SMILES string of the molecule is CC1CN(C(=O)C(NC(=O)c2ccc(Cl)cc2)C(C)C)CCO1. The number of nitrogens with one attached hydrogen (secondary N) is 1. The maximum absolute atomic E-state index is 12.7. The Morgan fingerprint density at radius 2 is 1.96 bits per heavy atom. The Morgan fingerprint density at radius 1 is 1.30 bits per heavy atom. The molecule has 126 valence electrons. The summed E-state index contributed by atoms with van der Waals surface area (Å²) in [5.41, 5.74) is 0.489. The summed E-state index contributed by atoms with van der Waals surface area (Å²) >= 11 is 5.83. The first kappa shape index (κ1) is 17.8. The van der Waals surface area contributed by atoms with E-state index < -0.39 is 6.04 Å². The van der Waals surface area contributed by atoms with Crippen molar-refractivity contribution in [2.24, 2.45) is 5.92 Å². The number of carbonyl (C=O) groups excluding carboxylic acids is 2. The predicted octanol–water partition coefficient (Wildman–Crippen LogP) is 2.34. The highest BCUT2D eigenvalue weighted by atomic mass is 35.5. The van der Waals surface area contributed by atoms with Crippen molar-refractivity contribution in [1.29, 1.82) is 0 Å². The van der Waals surface area contributed by atoms with Gasteiger partial charge in [-0.15, -0.1) is 0 Å². The van der Waals surface area contributed by atoms with Gasteiger partial charge in [0.15, 0.2) is 0 Å². The van der Waals surface area contributed by atoms with Crippen LogP contribution < -0.4 is 5.32 Å². The number of ether oxygens (including phenoxy) is 1. The van der Waals surface area contributed by atoms with Gasteiger partial charge in [-0.3, -0.25) is 9.59 Å². The van der Waals surface area contributed by atoms with Crippen molar-refractivity contribution in [2.75, 3.05) is 19.7 Å². The second-order valence-corrected chi connectivity index (χ2v) is 6.60. The molecule has 0 aliphatic carbocycles. The lowest BCUT2D eigenvalue weighted by Gasteiger charge is -2.35. The quantitative estimate of drug-likeness (QED) is 0.916. The van der Waals surface area contributed by atoms with Crippen LogP contribution in [0.3, 0.4) is 0 Å².